The third-order valence-electron chi connectivity index (χ3n) is 2.69. The van der Waals surface area contributed by atoms with E-state index in [9.17, 15) is 13.6 Å². The van der Waals surface area contributed by atoms with Crippen molar-refractivity contribution in [3.63, 3.8) is 0 Å². The number of nitrogens with one attached hydrogen (secondary N) is 1. The fourth-order valence-corrected chi connectivity index (χ4v) is 1.48. The summed E-state index contributed by atoms with van der Waals surface area (Å²) in [4.78, 5) is 11.5. The summed E-state index contributed by atoms with van der Waals surface area (Å²) in [6, 6.07) is 9.10. The van der Waals surface area contributed by atoms with Crippen LogP contribution in [0.1, 0.15) is 25.8 Å². The first-order valence-corrected chi connectivity index (χ1v) is 5.63. The van der Waals surface area contributed by atoms with Gasteiger partial charge in [-0.25, -0.2) is 8.78 Å². The van der Waals surface area contributed by atoms with E-state index in [-0.39, 0.29) is 13.0 Å². The summed E-state index contributed by atoms with van der Waals surface area (Å²) in [5, 5.41) is 2.40. The van der Waals surface area contributed by atoms with E-state index in [0.717, 1.165) is 12.5 Å². The van der Waals surface area contributed by atoms with Crippen LogP contribution in [0.5, 0.6) is 0 Å². The summed E-state index contributed by atoms with van der Waals surface area (Å²) in [5.41, 5.74) is -1.62. The number of carbonyl (C=O) groups is 1. The first-order chi connectivity index (χ1) is 7.98. The molecule has 1 aromatic rings. The number of amides is 1. The Morgan fingerprint density at radius 3 is 2.53 bits per heavy atom. The highest BCUT2D eigenvalue weighted by atomic mass is 19.2. The smallest absolute Gasteiger partial charge is 0.260 e. The molecule has 1 rings (SSSR count). The molecular formula is C13H17F2NO. The molecule has 0 bridgehead atoms. The molecule has 0 spiro atoms. The van der Waals surface area contributed by atoms with Crippen molar-refractivity contribution in [1.29, 1.82) is 0 Å². The molecule has 0 aromatic heterocycles. The fourth-order valence-electron chi connectivity index (χ4n) is 1.48. The van der Waals surface area contributed by atoms with Crippen LogP contribution in [0.3, 0.4) is 0 Å². The molecule has 0 heterocycles. The maximum absolute atomic E-state index is 13.8. The van der Waals surface area contributed by atoms with Gasteiger partial charge in [0, 0.05) is 6.54 Å². The van der Waals surface area contributed by atoms with Gasteiger partial charge in [-0.3, -0.25) is 4.79 Å². The van der Waals surface area contributed by atoms with Crippen LogP contribution in [0.4, 0.5) is 8.78 Å². The van der Waals surface area contributed by atoms with Crippen LogP contribution in [-0.2, 0) is 11.3 Å². The Hall–Kier alpha value is -1.45. The monoisotopic (exact) mass is 241 g/mol. The zero-order chi connectivity index (χ0) is 12.9. The van der Waals surface area contributed by atoms with Crippen LogP contribution in [0.15, 0.2) is 30.3 Å². The van der Waals surface area contributed by atoms with Crippen molar-refractivity contribution in [3.05, 3.63) is 35.9 Å². The van der Waals surface area contributed by atoms with Crippen molar-refractivity contribution < 1.29 is 13.6 Å². The van der Waals surface area contributed by atoms with E-state index in [0.29, 0.717) is 0 Å². The summed E-state index contributed by atoms with van der Waals surface area (Å²) >= 11 is 0. The second-order valence-electron chi connectivity index (χ2n) is 4.12. The number of rotatable bonds is 5. The predicted octanol–water partition coefficient (Wildman–Crippen LogP) is 2.78. The van der Waals surface area contributed by atoms with Crippen LogP contribution in [0.2, 0.25) is 0 Å². The van der Waals surface area contributed by atoms with E-state index in [1.165, 1.54) is 6.92 Å². The number of hydrogen-bond acceptors (Lipinski definition) is 1. The lowest BCUT2D eigenvalue weighted by Gasteiger charge is -2.22. The molecular weight excluding hydrogens is 224 g/mol. The fraction of sp³-hybridized carbons (Fsp3) is 0.462. The van der Waals surface area contributed by atoms with E-state index in [4.69, 9.17) is 0 Å². The minimum Gasteiger partial charge on any atom is -0.349 e. The van der Waals surface area contributed by atoms with E-state index in [2.05, 4.69) is 5.32 Å². The molecule has 2 nitrogen and oxygen atoms in total. The summed E-state index contributed by atoms with van der Waals surface area (Å²) in [7, 11) is 0. The standard InChI is InChI=1S/C13H17F2NO/c1-3-11(14)13(2,15)12(17)16-9-10-7-5-4-6-8-10/h4-8,11H,3,9H2,1-2H3,(H,16,17)/t11-,13+/m1/s1. The van der Waals surface area contributed by atoms with Gasteiger partial charge in [0.15, 0.2) is 0 Å². The van der Waals surface area contributed by atoms with Crippen molar-refractivity contribution in [2.75, 3.05) is 0 Å². The van der Waals surface area contributed by atoms with Gasteiger partial charge in [-0.2, -0.15) is 0 Å². The topological polar surface area (TPSA) is 29.1 Å². The highest BCUT2D eigenvalue weighted by Crippen LogP contribution is 2.21. The quantitative estimate of drug-likeness (QED) is 0.843. The van der Waals surface area contributed by atoms with Crippen LogP contribution >= 0.6 is 0 Å². The van der Waals surface area contributed by atoms with Crippen LogP contribution < -0.4 is 5.32 Å². The maximum Gasteiger partial charge on any atom is 0.260 e. The number of hydrogen-bond donors (Lipinski definition) is 1. The van der Waals surface area contributed by atoms with Crippen LogP contribution in [0, 0.1) is 0 Å². The van der Waals surface area contributed by atoms with E-state index in [1.54, 1.807) is 0 Å². The first kappa shape index (κ1) is 13.6. The minimum atomic E-state index is -2.47. The molecule has 0 saturated heterocycles. The first-order valence-electron chi connectivity index (χ1n) is 5.63. The Labute approximate surface area is 100 Å². The van der Waals surface area contributed by atoms with Gasteiger partial charge in [0.1, 0.15) is 6.17 Å². The largest absolute Gasteiger partial charge is 0.349 e. The van der Waals surface area contributed by atoms with Gasteiger partial charge in [-0.1, -0.05) is 37.3 Å². The zero-order valence-electron chi connectivity index (χ0n) is 10.0. The number of carbonyl (C=O) groups excluding carboxylic acids is 1. The number of halogens is 2. The minimum absolute atomic E-state index is 0.0221. The maximum atomic E-state index is 13.8. The number of alkyl halides is 2. The SMILES string of the molecule is CC[C@@H](F)[C@](C)(F)C(=O)NCc1ccccc1. The molecule has 1 aromatic carbocycles. The lowest BCUT2D eigenvalue weighted by Crippen LogP contribution is -2.47. The van der Waals surface area contributed by atoms with Crippen LogP contribution in [-0.4, -0.2) is 17.7 Å². The highest BCUT2D eigenvalue weighted by Gasteiger charge is 2.41. The molecule has 94 valence electrons. The molecule has 0 aliphatic carbocycles. The van der Waals surface area contributed by atoms with Crippen LogP contribution in [0.25, 0.3) is 0 Å². The molecule has 0 radical (unpaired) electrons. The zero-order valence-corrected chi connectivity index (χ0v) is 10.0. The Bertz CT molecular complexity index is 365. The van der Waals surface area contributed by atoms with Gasteiger partial charge >= 0.3 is 0 Å². The van der Waals surface area contributed by atoms with Gasteiger partial charge in [0.25, 0.3) is 5.91 Å². The van der Waals surface area contributed by atoms with Gasteiger partial charge in [-0.05, 0) is 18.9 Å². The summed E-state index contributed by atoms with van der Waals surface area (Å²) in [6.07, 6.45) is -1.80. The average Bonchev–Trinajstić information content (AvgIpc) is 2.35. The van der Waals surface area contributed by atoms with Gasteiger partial charge in [0.05, 0.1) is 0 Å². The van der Waals surface area contributed by atoms with Crippen molar-refractivity contribution in [3.8, 4) is 0 Å². The van der Waals surface area contributed by atoms with E-state index in [1.807, 2.05) is 30.3 Å². The van der Waals surface area contributed by atoms with Gasteiger partial charge in [-0.15, -0.1) is 0 Å². The average molecular weight is 241 g/mol. The third-order valence-corrected chi connectivity index (χ3v) is 2.69. The molecule has 2 atom stereocenters. The van der Waals surface area contributed by atoms with Crippen molar-refractivity contribution in [2.45, 2.75) is 38.7 Å². The molecule has 0 aliphatic rings. The number of benzene rings is 1. The molecule has 0 unspecified atom stereocenters. The Morgan fingerprint density at radius 1 is 1.41 bits per heavy atom. The lowest BCUT2D eigenvalue weighted by molar-refractivity contribution is -0.136. The van der Waals surface area contributed by atoms with Gasteiger partial charge < -0.3 is 5.32 Å². The lowest BCUT2D eigenvalue weighted by atomic mass is 9.99. The molecule has 1 amide bonds. The molecule has 17 heavy (non-hydrogen) atoms. The summed E-state index contributed by atoms with van der Waals surface area (Å²) in [5.74, 6) is -0.907. The van der Waals surface area contributed by atoms with E-state index < -0.39 is 17.7 Å². The molecule has 0 aliphatic heterocycles. The van der Waals surface area contributed by atoms with Gasteiger partial charge in [0.2, 0.25) is 5.67 Å². The molecule has 4 heteroatoms. The third kappa shape index (κ3) is 3.51. The predicted molar refractivity (Wildman–Crippen MR) is 63.0 cm³/mol. The van der Waals surface area contributed by atoms with Crippen molar-refractivity contribution >= 4 is 5.91 Å². The Kier molecular flexibility index (Phi) is 4.61. The Morgan fingerprint density at radius 2 is 2.00 bits per heavy atom. The summed E-state index contributed by atoms with van der Waals surface area (Å²) < 4.78 is 27.0. The normalized spacial score (nSPS) is 16.0. The molecule has 1 N–H and O–H groups in total. The van der Waals surface area contributed by atoms with Crippen molar-refractivity contribution in [1.82, 2.24) is 5.32 Å². The second kappa shape index (κ2) is 5.75. The summed E-state index contributed by atoms with van der Waals surface area (Å²) in [6.45, 7) is 2.68. The highest BCUT2D eigenvalue weighted by molar-refractivity contribution is 5.85. The van der Waals surface area contributed by atoms with E-state index >= 15 is 0 Å². The second-order valence-corrected chi connectivity index (χ2v) is 4.12. The Balaban J connectivity index is 2.55. The molecule has 0 saturated carbocycles. The molecule has 0 fully saturated rings. The van der Waals surface area contributed by atoms with Crippen molar-refractivity contribution in [2.24, 2.45) is 0 Å².